The number of aliphatic carboxylic acids is 2. The lowest BCUT2D eigenvalue weighted by Crippen LogP contribution is -1.91. The number of hydrogen-bond donors (Lipinski definition) is 2. The number of carboxylic acid groups (broad SMARTS) is 2. The number of hydrogen-bond acceptors (Lipinski definition) is 3. The average molecular weight is 210 g/mol. The van der Waals surface area contributed by atoms with Crippen molar-refractivity contribution in [3.63, 3.8) is 0 Å². The van der Waals surface area contributed by atoms with Crippen molar-refractivity contribution >= 4 is 11.9 Å². The topological polar surface area (TPSA) is 83.8 Å². The van der Waals surface area contributed by atoms with Crippen molar-refractivity contribution in [2.45, 2.75) is 0 Å². The first-order valence-corrected chi connectivity index (χ1v) is 3.90. The molecular formula is C10H10O5. The summed E-state index contributed by atoms with van der Waals surface area (Å²) in [5.41, 5.74) is 0. The third-order valence-corrected chi connectivity index (χ3v) is 1.02. The van der Waals surface area contributed by atoms with Crippen molar-refractivity contribution < 1.29 is 24.5 Å². The zero-order chi connectivity index (χ0) is 11.5. The highest BCUT2D eigenvalue weighted by molar-refractivity contribution is 5.89. The molecule has 80 valence electrons. The smallest absolute Gasteiger partial charge is 0.328 e. The maximum absolute atomic E-state index is 9.55. The van der Waals surface area contributed by atoms with Gasteiger partial charge in [-0.15, -0.1) is 0 Å². The summed E-state index contributed by atoms with van der Waals surface area (Å²) in [7, 11) is 0. The predicted octanol–water partition coefficient (Wildman–Crippen LogP) is 1.31. The molecular weight excluding hydrogens is 200 g/mol. The van der Waals surface area contributed by atoms with Gasteiger partial charge in [-0.2, -0.15) is 0 Å². The minimum absolute atomic E-state index is 0.558. The summed E-state index contributed by atoms with van der Waals surface area (Å²) in [6, 6.07) is 0. The summed E-state index contributed by atoms with van der Waals surface area (Å²) in [6.07, 6.45) is 11.8. The lowest BCUT2D eigenvalue weighted by atomic mass is 10.5. The molecule has 0 bridgehead atoms. The van der Waals surface area contributed by atoms with Crippen LogP contribution in [0.3, 0.4) is 0 Å². The highest BCUT2D eigenvalue weighted by Gasteiger charge is 1.88. The minimum Gasteiger partial charge on any atom is -0.478 e. The number of carboxylic acids is 2. The van der Waals surface area contributed by atoms with E-state index in [1.54, 1.807) is 12.5 Å². The van der Waals surface area contributed by atoms with E-state index in [0.717, 1.165) is 0 Å². The Kier molecular flexibility index (Phi) is 7.03. The Bertz CT molecular complexity index is 293. The molecule has 0 aliphatic carbocycles. The van der Waals surface area contributed by atoms with Crippen LogP contribution in [0.15, 0.2) is 49.0 Å². The third kappa shape index (κ3) is 11.7. The molecule has 0 fully saturated rings. The molecule has 0 radical (unpaired) electrons. The fraction of sp³-hybridized carbons (Fsp3) is 0. The third-order valence-electron chi connectivity index (χ3n) is 1.02. The Morgan fingerprint density at radius 3 is 1.60 bits per heavy atom. The molecule has 1 rings (SSSR count). The summed E-state index contributed by atoms with van der Waals surface area (Å²) < 4.78 is 4.77. The second kappa shape index (κ2) is 8.31. The Morgan fingerprint density at radius 2 is 1.27 bits per heavy atom. The number of rotatable bonds is 2. The van der Waals surface area contributed by atoms with Crippen molar-refractivity contribution in [2.24, 2.45) is 0 Å². The van der Waals surface area contributed by atoms with Crippen molar-refractivity contribution in [1.29, 1.82) is 0 Å². The van der Waals surface area contributed by atoms with Crippen LogP contribution in [-0.4, -0.2) is 22.2 Å². The molecule has 0 aromatic heterocycles. The molecule has 15 heavy (non-hydrogen) atoms. The van der Waals surface area contributed by atoms with Gasteiger partial charge in [-0.3, -0.25) is 0 Å². The van der Waals surface area contributed by atoms with E-state index in [1.165, 1.54) is 0 Å². The Balaban J connectivity index is 0.000000262. The molecule has 0 saturated heterocycles. The van der Waals surface area contributed by atoms with Crippen LogP contribution in [0.2, 0.25) is 0 Å². The van der Waals surface area contributed by atoms with E-state index < -0.39 is 11.9 Å². The molecule has 5 heteroatoms. The molecule has 5 nitrogen and oxygen atoms in total. The first kappa shape index (κ1) is 12.7. The lowest BCUT2D eigenvalue weighted by Gasteiger charge is -1.79. The molecule has 2 N–H and O–H groups in total. The molecule has 0 amide bonds. The largest absolute Gasteiger partial charge is 0.478 e. The van der Waals surface area contributed by atoms with Gasteiger partial charge in [0.05, 0.1) is 12.5 Å². The highest BCUT2D eigenvalue weighted by atomic mass is 16.5. The van der Waals surface area contributed by atoms with Crippen LogP contribution in [0.1, 0.15) is 0 Å². The maximum atomic E-state index is 9.55. The quantitative estimate of drug-likeness (QED) is 0.671. The second-order valence-corrected chi connectivity index (χ2v) is 2.19. The second-order valence-electron chi connectivity index (χ2n) is 2.19. The molecule has 0 unspecified atom stereocenters. The fourth-order valence-corrected chi connectivity index (χ4v) is 0.498. The first-order chi connectivity index (χ1) is 7.13. The molecule has 1 heterocycles. The van der Waals surface area contributed by atoms with E-state index in [4.69, 9.17) is 14.9 Å². The lowest BCUT2D eigenvalue weighted by molar-refractivity contribution is -0.134. The van der Waals surface area contributed by atoms with Gasteiger partial charge in [-0.1, -0.05) is 12.2 Å². The number of ether oxygens (including phenoxy) is 1. The Labute approximate surface area is 86.3 Å². The van der Waals surface area contributed by atoms with Gasteiger partial charge >= 0.3 is 11.9 Å². The van der Waals surface area contributed by atoms with Gasteiger partial charge in [0.1, 0.15) is 0 Å². The predicted molar refractivity (Wildman–Crippen MR) is 52.9 cm³/mol. The molecule has 0 atom stereocenters. The van der Waals surface area contributed by atoms with Crippen molar-refractivity contribution in [3.8, 4) is 0 Å². The molecule has 0 aromatic rings. The highest BCUT2D eigenvalue weighted by Crippen LogP contribution is 1.88. The van der Waals surface area contributed by atoms with Gasteiger partial charge in [0.15, 0.2) is 0 Å². The van der Waals surface area contributed by atoms with Crippen LogP contribution in [0.4, 0.5) is 0 Å². The van der Waals surface area contributed by atoms with E-state index in [-0.39, 0.29) is 0 Å². The molecule has 1 aliphatic heterocycles. The normalized spacial score (nSPS) is 12.5. The van der Waals surface area contributed by atoms with Crippen LogP contribution in [0.25, 0.3) is 0 Å². The molecule has 1 aliphatic rings. The summed E-state index contributed by atoms with van der Waals surface area (Å²) in [4.78, 5) is 19.1. The number of carbonyl (C=O) groups is 2. The molecule has 0 spiro atoms. The Hall–Kier alpha value is -2.30. The van der Waals surface area contributed by atoms with Crippen LogP contribution < -0.4 is 0 Å². The van der Waals surface area contributed by atoms with E-state index in [9.17, 15) is 9.59 Å². The fourth-order valence-electron chi connectivity index (χ4n) is 0.498. The van der Waals surface area contributed by atoms with E-state index in [0.29, 0.717) is 12.2 Å². The minimum atomic E-state index is -1.26. The molecule has 0 aromatic carbocycles. The summed E-state index contributed by atoms with van der Waals surface area (Å²) >= 11 is 0. The average Bonchev–Trinajstić information content (AvgIpc) is 2.47. The monoisotopic (exact) mass is 210 g/mol. The number of allylic oxidation sites excluding steroid dienone is 4. The van der Waals surface area contributed by atoms with Crippen LogP contribution >= 0.6 is 0 Å². The van der Waals surface area contributed by atoms with Gasteiger partial charge in [0.25, 0.3) is 0 Å². The first-order valence-electron chi connectivity index (χ1n) is 3.90. The Morgan fingerprint density at radius 1 is 0.867 bits per heavy atom. The van der Waals surface area contributed by atoms with Crippen molar-refractivity contribution in [2.75, 3.05) is 0 Å². The van der Waals surface area contributed by atoms with E-state index >= 15 is 0 Å². The van der Waals surface area contributed by atoms with Crippen LogP contribution in [-0.2, 0) is 14.3 Å². The molecule has 0 saturated carbocycles. The summed E-state index contributed by atoms with van der Waals surface area (Å²) in [5, 5.41) is 15.6. The standard InChI is InChI=1S/C6H6O.C4H4O4/c1-2-4-6-7-5-3-1;5-3(6)1-2-4(7)8/h1-6H;1-2H,(H,5,6)(H,7,8)/b;2-1+. The van der Waals surface area contributed by atoms with Gasteiger partial charge < -0.3 is 14.9 Å². The van der Waals surface area contributed by atoms with Crippen molar-refractivity contribution in [3.05, 3.63) is 49.0 Å². The van der Waals surface area contributed by atoms with Crippen LogP contribution in [0, 0.1) is 0 Å². The zero-order valence-corrected chi connectivity index (χ0v) is 7.74. The van der Waals surface area contributed by atoms with E-state index in [2.05, 4.69) is 0 Å². The van der Waals surface area contributed by atoms with Crippen molar-refractivity contribution in [1.82, 2.24) is 0 Å². The van der Waals surface area contributed by atoms with Gasteiger partial charge in [-0.25, -0.2) is 9.59 Å². The SMILES string of the molecule is C1=CC=COC=C1.O=C(O)/C=C/C(=O)O. The van der Waals surface area contributed by atoms with Crippen LogP contribution in [0.5, 0.6) is 0 Å². The van der Waals surface area contributed by atoms with Gasteiger partial charge in [-0.05, 0) is 12.2 Å². The summed E-state index contributed by atoms with van der Waals surface area (Å²) in [5.74, 6) is -2.51. The zero-order valence-electron chi connectivity index (χ0n) is 7.74. The summed E-state index contributed by atoms with van der Waals surface area (Å²) in [6.45, 7) is 0. The van der Waals surface area contributed by atoms with E-state index in [1.807, 2.05) is 24.3 Å². The van der Waals surface area contributed by atoms with Gasteiger partial charge in [0, 0.05) is 12.2 Å². The maximum Gasteiger partial charge on any atom is 0.328 e. The van der Waals surface area contributed by atoms with Gasteiger partial charge in [0.2, 0.25) is 0 Å².